The molecule has 1 N–H and O–H groups in total. The van der Waals surface area contributed by atoms with E-state index in [-0.39, 0.29) is 12.1 Å². The van der Waals surface area contributed by atoms with Crippen molar-refractivity contribution in [1.82, 2.24) is 14.5 Å². The SMILES string of the molecule is CS(=O)(=O)N1CCN(C(=O)NCCCOCC2CCCO2)CC1. The molecule has 8 nitrogen and oxygen atoms in total. The van der Waals surface area contributed by atoms with Gasteiger partial charge in [0, 0.05) is 45.9 Å². The second-order valence-electron chi connectivity index (χ2n) is 5.94. The molecular weight excluding hydrogens is 322 g/mol. The van der Waals surface area contributed by atoms with Gasteiger partial charge in [0.2, 0.25) is 10.0 Å². The van der Waals surface area contributed by atoms with Crippen molar-refractivity contribution in [2.75, 3.05) is 58.8 Å². The number of carbonyl (C=O) groups is 1. The lowest BCUT2D eigenvalue weighted by atomic mass is 10.2. The Kier molecular flexibility index (Phi) is 7.07. The zero-order chi connectivity index (χ0) is 16.7. The maximum absolute atomic E-state index is 12.0. The molecule has 9 heteroatoms. The first kappa shape index (κ1) is 18.4. The van der Waals surface area contributed by atoms with Crippen molar-refractivity contribution in [2.45, 2.75) is 25.4 Å². The first-order chi connectivity index (χ1) is 11.0. The summed E-state index contributed by atoms with van der Waals surface area (Å²) in [4.78, 5) is 13.6. The Bertz CT molecular complexity index is 471. The number of amides is 2. The Labute approximate surface area is 138 Å². The van der Waals surface area contributed by atoms with E-state index < -0.39 is 10.0 Å². The molecule has 2 rings (SSSR count). The van der Waals surface area contributed by atoms with E-state index in [0.717, 1.165) is 25.9 Å². The van der Waals surface area contributed by atoms with Gasteiger partial charge in [-0.2, -0.15) is 4.31 Å². The highest BCUT2D eigenvalue weighted by Gasteiger charge is 2.25. The molecule has 0 spiro atoms. The summed E-state index contributed by atoms with van der Waals surface area (Å²) in [6, 6.07) is -0.141. The zero-order valence-electron chi connectivity index (χ0n) is 13.7. The van der Waals surface area contributed by atoms with Crippen LogP contribution in [-0.4, -0.2) is 88.6 Å². The number of hydrogen-bond acceptors (Lipinski definition) is 5. The number of nitrogens with zero attached hydrogens (tertiary/aromatic N) is 2. The molecule has 2 saturated heterocycles. The van der Waals surface area contributed by atoms with Crippen molar-refractivity contribution in [1.29, 1.82) is 0 Å². The quantitative estimate of drug-likeness (QED) is 0.646. The van der Waals surface area contributed by atoms with Crippen molar-refractivity contribution in [2.24, 2.45) is 0 Å². The van der Waals surface area contributed by atoms with Crippen molar-refractivity contribution < 1.29 is 22.7 Å². The van der Waals surface area contributed by atoms with Crippen LogP contribution in [0.5, 0.6) is 0 Å². The van der Waals surface area contributed by atoms with Gasteiger partial charge in [-0.1, -0.05) is 0 Å². The Hall–Kier alpha value is -0.900. The molecule has 2 heterocycles. The average molecular weight is 349 g/mol. The van der Waals surface area contributed by atoms with Crippen LogP contribution in [-0.2, 0) is 19.5 Å². The lowest BCUT2D eigenvalue weighted by molar-refractivity contribution is 0.0167. The first-order valence-electron chi connectivity index (χ1n) is 8.14. The molecule has 0 aromatic carbocycles. The van der Waals surface area contributed by atoms with Crippen LogP contribution in [0.15, 0.2) is 0 Å². The normalized spacial score (nSPS) is 23.2. The third-order valence-corrected chi connectivity index (χ3v) is 5.37. The van der Waals surface area contributed by atoms with E-state index in [4.69, 9.17) is 9.47 Å². The number of carbonyl (C=O) groups excluding carboxylic acids is 1. The van der Waals surface area contributed by atoms with Gasteiger partial charge in [0.25, 0.3) is 0 Å². The zero-order valence-corrected chi connectivity index (χ0v) is 14.5. The second kappa shape index (κ2) is 8.81. The van der Waals surface area contributed by atoms with Gasteiger partial charge in [-0.15, -0.1) is 0 Å². The third kappa shape index (κ3) is 6.25. The van der Waals surface area contributed by atoms with E-state index in [1.165, 1.54) is 10.6 Å². The summed E-state index contributed by atoms with van der Waals surface area (Å²) in [5.41, 5.74) is 0. The van der Waals surface area contributed by atoms with Crippen LogP contribution in [0.2, 0.25) is 0 Å². The van der Waals surface area contributed by atoms with Gasteiger partial charge >= 0.3 is 6.03 Å². The number of urea groups is 1. The fourth-order valence-electron chi connectivity index (χ4n) is 2.69. The maximum Gasteiger partial charge on any atom is 0.317 e. The molecule has 0 radical (unpaired) electrons. The summed E-state index contributed by atoms with van der Waals surface area (Å²) in [7, 11) is -3.16. The van der Waals surface area contributed by atoms with Gasteiger partial charge in [0.1, 0.15) is 0 Å². The number of piperazine rings is 1. The van der Waals surface area contributed by atoms with Crippen molar-refractivity contribution in [3.63, 3.8) is 0 Å². The summed E-state index contributed by atoms with van der Waals surface area (Å²) >= 11 is 0. The van der Waals surface area contributed by atoms with Crippen LogP contribution < -0.4 is 5.32 Å². The Morgan fingerprint density at radius 3 is 2.65 bits per heavy atom. The highest BCUT2D eigenvalue weighted by molar-refractivity contribution is 7.88. The molecule has 134 valence electrons. The second-order valence-corrected chi connectivity index (χ2v) is 7.93. The smallest absolute Gasteiger partial charge is 0.317 e. The van der Waals surface area contributed by atoms with Gasteiger partial charge < -0.3 is 19.7 Å². The van der Waals surface area contributed by atoms with Gasteiger partial charge in [0.05, 0.1) is 19.0 Å². The molecule has 2 aliphatic rings. The number of rotatable bonds is 7. The van der Waals surface area contributed by atoms with Gasteiger partial charge in [-0.25, -0.2) is 13.2 Å². The van der Waals surface area contributed by atoms with Crippen LogP contribution in [0.3, 0.4) is 0 Å². The van der Waals surface area contributed by atoms with Crippen LogP contribution in [0.1, 0.15) is 19.3 Å². The highest BCUT2D eigenvalue weighted by atomic mass is 32.2. The maximum atomic E-state index is 12.0. The molecule has 0 bridgehead atoms. The largest absolute Gasteiger partial charge is 0.379 e. The van der Waals surface area contributed by atoms with E-state index in [2.05, 4.69) is 5.32 Å². The summed E-state index contributed by atoms with van der Waals surface area (Å²) in [6.45, 7) is 4.17. The van der Waals surface area contributed by atoms with E-state index in [1.807, 2.05) is 0 Å². The summed E-state index contributed by atoms with van der Waals surface area (Å²) in [5.74, 6) is 0. The fourth-order valence-corrected chi connectivity index (χ4v) is 3.52. The van der Waals surface area contributed by atoms with Crippen molar-refractivity contribution in [3.8, 4) is 0 Å². The lowest BCUT2D eigenvalue weighted by Gasteiger charge is -2.33. The minimum atomic E-state index is -3.16. The van der Waals surface area contributed by atoms with Crippen molar-refractivity contribution in [3.05, 3.63) is 0 Å². The lowest BCUT2D eigenvalue weighted by Crippen LogP contribution is -2.53. The Balaban J connectivity index is 1.52. The molecule has 23 heavy (non-hydrogen) atoms. The third-order valence-electron chi connectivity index (χ3n) is 4.06. The number of hydrogen-bond donors (Lipinski definition) is 1. The Morgan fingerprint density at radius 1 is 1.30 bits per heavy atom. The molecule has 0 aromatic heterocycles. The van der Waals surface area contributed by atoms with E-state index in [9.17, 15) is 13.2 Å². The van der Waals surface area contributed by atoms with Crippen LogP contribution in [0.4, 0.5) is 4.79 Å². The summed E-state index contributed by atoms with van der Waals surface area (Å²) in [5, 5.41) is 2.84. The van der Waals surface area contributed by atoms with Gasteiger partial charge in [-0.3, -0.25) is 0 Å². The fraction of sp³-hybridized carbons (Fsp3) is 0.929. The first-order valence-corrected chi connectivity index (χ1v) is 9.99. The van der Waals surface area contributed by atoms with E-state index in [0.29, 0.717) is 45.9 Å². The van der Waals surface area contributed by atoms with E-state index >= 15 is 0 Å². The van der Waals surface area contributed by atoms with Crippen LogP contribution in [0.25, 0.3) is 0 Å². The minimum absolute atomic E-state index is 0.141. The summed E-state index contributed by atoms with van der Waals surface area (Å²) < 4.78 is 35.2. The number of ether oxygens (including phenoxy) is 2. The molecule has 2 amide bonds. The predicted octanol–water partition coefficient (Wildman–Crippen LogP) is -0.141. The van der Waals surface area contributed by atoms with Crippen LogP contribution in [0, 0.1) is 0 Å². The number of sulfonamides is 1. The number of nitrogens with one attached hydrogen (secondary N) is 1. The molecule has 1 unspecified atom stereocenters. The van der Waals surface area contributed by atoms with Crippen LogP contribution >= 0.6 is 0 Å². The van der Waals surface area contributed by atoms with Gasteiger partial charge in [0.15, 0.2) is 0 Å². The molecule has 2 fully saturated rings. The molecule has 0 aromatic rings. The highest BCUT2D eigenvalue weighted by Crippen LogP contribution is 2.11. The Morgan fingerprint density at radius 2 is 2.04 bits per heavy atom. The molecule has 1 atom stereocenters. The van der Waals surface area contributed by atoms with E-state index in [1.54, 1.807) is 4.90 Å². The van der Waals surface area contributed by atoms with Crippen molar-refractivity contribution >= 4 is 16.1 Å². The molecule has 0 aliphatic carbocycles. The average Bonchev–Trinajstić information content (AvgIpc) is 3.03. The molecular formula is C14H27N3O5S. The molecule has 0 saturated carbocycles. The molecule has 2 aliphatic heterocycles. The predicted molar refractivity (Wildman–Crippen MR) is 85.8 cm³/mol. The topological polar surface area (TPSA) is 88.2 Å². The standard InChI is InChI=1S/C14H27N3O5S/c1-23(19,20)17-8-6-16(7-9-17)14(18)15-5-3-10-21-12-13-4-2-11-22-13/h13H,2-12H2,1H3,(H,15,18). The monoisotopic (exact) mass is 349 g/mol. The van der Waals surface area contributed by atoms with Gasteiger partial charge in [-0.05, 0) is 19.3 Å². The summed E-state index contributed by atoms with van der Waals surface area (Å²) in [6.07, 6.45) is 4.35. The minimum Gasteiger partial charge on any atom is -0.379 e.